The number of nitrogens with two attached hydrogens (primary N) is 1. The van der Waals surface area contributed by atoms with Crippen LogP contribution in [-0.4, -0.2) is 6.10 Å². The molecule has 106 valence electrons. The van der Waals surface area contributed by atoms with Gasteiger partial charge in [-0.3, -0.25) is 0 Å². The molecule has 0 amide bonds. The fourth-order valence-electron chi connectivity index (χ4n) is 1.99. The standard InChI is InChI=1S/C16H17Cl2NO/c1-10(2)20-13-5-3-4-11(8-13)16(19)14-7-6-12(17)9-15(14)18/h3-10,16H,19H2,1-2H3. The fraction of sp³-hybridized carbons (Fsp3) is 0.250. The van der Waals surface area contributed by atoms with E-state index in [-0.39, 0.29) is 12.1 Å². The number of ether oxygens (including phenoxy) is 1. The number of benzene rings is 2. The van der Waals surface area contributed by atoms with Crippen LogP contribution in [-0.2, 0) is 0 Å². The lowest BCUT2D eigenvalue weighted by atomic mass is 9.99. The highest BCUT2D eigenvalue weighted by Crippen LogP contribution is 2.30. The van der Waals surface area contributed by atoms with Gasteiger partial charge in [-0.1, -0.05) is 41.4 Å². The predicted octanol–water partition coefficient (Wildman–Crippen LogP) is 4.83. The van der Waals surface area contributed by atoms with E-state index in [0.29, 0.717) is 10.0 Å². The SMILES string of the molecule is CC(C)Oc1cccc(C(N)c2ccc(Cl)cc2Cl)c1. The van der Waals surface area contributed by atoms with E-state index in [4.69, 9.17) is 33.7 Å². The van der Waals surface area contributed by atoms with Crippen LogP contribution < -0.4 is 10.5 Å². The number of halogens is 2. The van der Waals surface area contributed by atoms with E-state index in [2.05, 4.69) is 0 Å². The van der Waals surface area contributed by atoms with E-state index in [0.717, 1.165) is 16.9 Å². The molecule has 4 heteroatoms. The third-order valence-electron chi connectivity index (χ3n) is 2.89. The number of hydrogen-bond donors (Lipinski definition) is 1. The molecule has 2 rings (SSSR count). The second-order valence-corrected chi connectivity index (χ2v) is 5.73. The Bertz CT molecular complexity index is 599. The maximum Gasteiger partial charge on any atom is 0.120 e. The van der Waals surface area contributed by atoms with Crippen molar-refractivity contribution in [2.75, 3.05) is 0 Å². The van der Waals surface area contributed by atoms with Gasteiger partial charge in [-0.15, -0.1) is 0 Å². The van der Waals surface area contributed by atoms with Crippen molar-refractivity contribution in [1.82, 2.24) is 0 Å². The Morgan fingerprint density at radius 3 is 2.45 bits per heavy atom. The minimum atomic E-state index is -0.310. The van der Waals surface area contributed by atoms with Crippen LogP contribution in [0, 0.1) is 0 Å². The lowest BCUT2D eigenvalue weighted by molar-refractivity contribution is 0.242. The number of rotatable bonds is 4. The highest BCUT2D eigenvalue weighted by Gasteiger charge is 2.13. The summed E-state index contributed by atoms with van der Waals surface area (Å²) in [5.41, 5.74) is 8.08. The summed E-state index contributed by atoms with van der Waals surface area (Å²) in [7, 11) is 0. The molecule has 0 radical (unpaired) electrons. The molecular formula is C16H17Cl2NO. The third-order valence-corrected chi connectivity index (χ3v) is 3.45. The molecule has 0 aromatic heterocycles. The van der Waals surface area contributed by atoms with Gasteiger partial charge in [0.15, 0.2) is 0 Å². The van der Waals surface area contributed by atoms with Crippen molar-refractivity contribution in [3.8, 4) is 5.75 Å². The van der Waals surface area contributed by atoms with Gasteiger partial charge in [0.25, 0.3) is 0 Å². The van der Waals surface area contributed by atoms with E-state index >= 15 is 0 Å². The molecule has 2 nitrogen and oxygen atoms in total. The Balaban J connectivity index is 2.30. The van der Waals surface area contributed by atoms with E-state index < -0.39 is 0 Å². The van der Waals surface area contributed by atoms with Crippen LogP contribution in [0.15, 0.2) is 42.5 Å². The van der Waals surface area contributed by atoms with E-state index in [1.165, 1.54) is 0 Å². The summed E-state index contributed by atoms with van der Waals surface area (Å²) in [6.45, 7) is 3.98. The number of hydrogen-bond acceptors (Lipinski definition) is 2. The first-order chi connectivity index (χ1) is 9.47. The van der Waals surface area contributed by atoms with Gasteiger partial charge in [0.1, 0.15) is 5.75 Å². The lowest BCUT2D eigenvalue weighted by Crippen LogP contribution is -2.13. The summed E-state index contributed by atoms with van der Waals surface area (Å²) in [6.07, 6.45) is 0.126. The second-order valence-electron chi connectivity index (χ2n) is 4.88. The average Bonchev–Trinajstić information content (AvgIpc) is 2.37. The van der Waals surface area contributed by atoms with Crippen LogP contribution in [0.2, 0.25) is 10.0 Å². The maximum atomic E-state index is 6.28. The van der Waals surface area contributed by atoms with Gasteiger partial charge in [-0.2, -0.15) is 0 Å². The van der Waals surface area contributed by atoms with Gasteiger partial charge < -0.3 is 10.5 Å². The van der Waals surface area contributed by atoms with Crippen molar-refractivity contribution >= 4 is 23.2 Å². The van der Waals surface area contributed by atoms with Crippen LogP contribution in [0.25, 0.3) is 0 Å². The normalized spacial score (nSPS) is 12.5. The highest BCUT2D eigenvalue weighted by atomic mass is 35.5. The Labute approximate surface area is 129 Å². The zero-order valence-corrected chi connectivity index (χ0v) is 12.9. The molecule has 0 saturated carbocycles. The molecule has 0 bridgehead atoms. The van der Waals surface area contributed by atoms with Gasteiger partial charge in [0.2, 0.25) is 0 Å². The Kier molecular flexibility index (Phi) is 4.92. The minimum Gasteiger partial charge on any atom is -0.491 e. The van der Waals surface area contributed by atoms with Gasteiger partial charge in [-0.05, 0) is 49.2 Å². The van der Waals surface area contributed by atoms with E-state index in [9.17, 15) is 0 Å². The maximum absolute atomic E-state index is 6.28. The van der Waals surface area contributed by atoms with Crippen LogP contribution in [0.5, 0.6) is 5.75 Å². The molecule has 2 aromatic rings. The smallest absolute Gasteiger partial charge is 0.120 e. The van der Waals surface area contributed by atoms with Crippen molar-refractivity contribution in [1.29, 1.82) is 0 Å². The zero-order chi connectivity index (χ0) is 14.7. The second kappa shape index (κ2) is 6.49. The largest absolute Gasteiger partial charge is 0.491 e. The summed E-state index contributed by atoms with van der Waals surface area (Å²) in [6, 6.07) is 12.8. The van der Waals surface area contributed by atoms with Crippen LogP contribution >= 0.6 is 23.2 Å². The molecule has 2 N–H and O–H groups in total. The van der Waals surface area contributed by atoms with Crippen LogP contribution in [0.4, 0.5) is 0 Å². The van der Waals surface area contributed by atoms with E-state index in [1.807, 2.05) is 44.2 Å². The Hall–Kier alpha value is -1.22. The van der Waals surface area contributed by atoms with Crippen LogP contribution in [0.1, 0.15) is 31.0 Å². The molecule has 1 atom stereocenters. The lowest BCUT2D eigenvalue weighted by Gasteiger charge is -2.16. The Morgan fingerprint density at radius 2 is 1.80 bits per heavy atom. The first-order valence-corrected chi connectivity index (χ1v) is 7.20. The third kappa shape index (κ3) is 3.66. The van der Waals surface area contributed by atoms with Crippen molar-refractivity contribution in [3.05, 3.63) is 63.6 Å². The van der Waals surface area contributed by atoms with Gasteiger partial charge >= 0.3 is 0 Å². The molecule has 0 aliphatic carbocycles. The minimum absolute atomic E-state index is 0.126. The van der Waals surface area contributed by atoms with Gasteiger partial charge in [0.05, 0.1) is 12.1 Å². The van der Waals surface area contributed by atoms with Crippen molar-refractivity contribution in [3.63, 3.8) is 0 Å². The van der Waals surface area contributed by atoms with E-state index in [1.54, 1.807) is 12.1 Å². The molecule has 0 aliphatic rings. The topological polar surface area (TPSA) is 35.2 Å². The molecule has 0 heterocycles. The van der Waals surface area contributed by atoms with Crippen molar-refractivity contribution in [2.45, 2.75) is 26.0 Å². The summed E-state index contributed by atoms with van der Waals surface area (Å²) in [4.78, 5) is 0. The molecule has 0 aliphatic heterocycles. The molecule has 2 aromatic carbocycles. The first kappa shape index (κ1) is 15.2. The van der Waals surface area contributed by atoms with Gasteiger partial charge in [0, 0.05) is 10.0 Å². The molecule has 20 heavy (non-hydrogen) atoms. The molecular weight excluding hydrogens is 293 g/mol. The Morgan fingerprint density at radius 1 is 1.05 bits per heavy atom. The summed E-state index contributed by atoms with van der Waals surface area (Å²) < 4.78 is 5.68. The molecule has 1 unspecified atom stereocenters. The summed E-state index contributed by atoms with van der Waals surface area (Å²) in [5, 5.41) is 1.17. The quantitative estimate of drug-likeness (QED) is 0.878. The monoisotopic (exact) mass is 309 g/mol. The molecule has 0 spiro atoms. The van der Waals surface area contributed by atoms with Crippen molar-refractivity contribution < 1.29 is 4.74 Å². The first-order valence-electron chi connectivity index (χ1n) is 6.44. The predicted molar refractivity (Wildman–Crippen MR) is 84.7 cm³/mol. The average molecular weight is 310 g/mol. The summed E-state index contributed by atoms with van der Waals surface area (Å²) >= 11 is 12.1. The summed E-state index contributed by atoms with van der Waals surface area (Å²) in [5.74, 6) is 0.804. The molecule has 0 saturated heterocycles. The zero-order valence-electron chi connectivity index (χ0n) is 11.4. The van der Waals surface area contributed by atoms with Crippen LogP contribution in [0.3, 0.4) is 0 Å². The molecule has 0 fully saturated rings. The van der Waals surface area contributed by atoms with Gasteiger partial charge in [-0.25, -0.2) is 0 Å². The highest BCUT2D eigenvalue weighted by molar-refractivity contribution is 6.35. The fourth-order valence-corrected chi connectivity index (χ4v) is 2.51. The van der Waals surface area contributed by atoms with Crippen molar-refractivity contribution in [2.24, 2.45) is 5.73 Å².